The molecule has 0 atom stereocenters. The zero-order valence-corrected chi connectivity index (χ0v) is 14.2. The molecular formula is C18H17N5O3. The maximum absolute atomic E-state index is 11.6. The summed E-state index contributed by atoms with van der Waals surface area (Å²) in [6, 6.07) is 7.47. The van der Waals surface area contributed by atoms with E-state index in [1.807, 2.05) is 31.2 Å². The summed E-state index contributed by atoms with van der Waals surface area (Å²) < 4.78 is 11.4. The molecule has 8 heteroatoms. The normalized spacial score (nSPS) is 14.1. The average molecular weight is 351 g/mol. The van der Waals surface area contributed by atoms with Crippen LogP contribution in [0.25, 0.3) is 23.0 Å². The largest absolute Gasteiger partial charge is 0.486 e. The highest BCUT2D eigenvalue weighted by Gasteiger charge is 2.32. The number of amides is 1. The predicted octanol–water partition coefficient (Wildman–Crippen LogP) is 2.19. The number of aromatic nitrogens is 4. The van der Waals surface area contributed by atoms with E-state index in [9.17, 15) is 4.79 Å². The van der Waals surface area contributed by atoms with Gasteiger partial charge >= 0.3 is 0 Å². The number of hydrogen-bond acceptors (Lipinski definition) is 7. The van der Waals surface area contributed by atoms with Gasteiger partial charge in [-0.25, -0.2) is 4.98 Å². The van der Waals surface area contributed by atoms with Crippen molar-refractivity contribution in [1.82, 2.24) is 25.0 Å². The standard InChI is InChI=1S/C18H17N5O3/c1-2-16(24)23-10-12(11-23)25-15-6-4-3-5-13(15)18-21-17(22-26-18)14-9-19-7-8-20-14/h3-9,12H,2,10-11H2,1H3. The molecule has 4 rings (SSSR count). The van der Waals surface area contributed by atoms with Crippen LogP contribution < -0.4 is 4.74 Å². The van der Waals surface area contributed by atoms with E-state index in [0.717, 1.165) is 0 Å². The van der Waals surface area contributed by atoms with Gasteiger partial charge in [0.15, 0.2) is 0 Å². The lowest BCUT2D eigenvalue weighted by atomic mass is 10.1. The second kappa shape index (κ2) is 6.91. The van der Waals surface area contributed by atoms with Crippen LogP contribution in [0.1, 0.15) is 13.3 Å². The van der Waals surface area contributed by atoms with E-state index in [1.165, 1.54) is 0 Å². The summed E-state index contributed by atoms with van der Waals surface area (Å²) in [5, 5.41) is 3.97. The predicted molar refractivity (Wildman–Crippen MR) is 92.0 cm³/mol. The lowest BCUT2D eigenvalue weighted by Crippen LogP contribution is -2.56. The molecule has 2 aromatic heterocycles. The lowest BCUT2D eigenvalue weighted by molar-refractivity contribution is -0.139. The fourth-order valence-electron chi connectivity index (χ4n) is 2.72. The molecule has 0 aliphatic carbocycles. The topological polar surface area (TPSA) is 94.2 Å². The molecule has 8 nitrogen and oxygen atoms in total. The molecule has 1 aromatic carbocycles. The van der Waals surface area contributed by atoms with Gasteiger partial charge in [0.1, 0.15) is 17.5 Å². The molecule has 0 saturated carbocycles. The molecule has 1 saturated heterocycles. The van der Waals surface area contributed by atoms with Gasteiger partial charge in [-0.3, -0.25) is 9.78 Å². The van der Waals surface area contributed by atoms with Gasteiger partial charge < -0.3 is 14.2 Å². The third kappa shape index (κ3) is 3.13. The molecule has 0 bridgehead atoms. The van der Waals surface area contributed by atoms with Crippen molar-refractivity contribution >= 4 is 5.91 Å². The van der Waals surface area contributed by atoms with Crippen LogP contribution in [-0.4, -0.2) is 50.1 Å². The van der Waals surface area contributed by atoms with Gasteiger partial charge in [-0.15, -0.1) is 0 Å². The number of benzene rings is 1. The Morgan fingerprint density at radius 1 is 1.31 bits per heavy atom. The van der Waals surface area contributed by atoms with Crippen LogP contribution in [0.2, 0.25) is 0 Å². The SMILES string of the molecule is CCC(=O)N1CC(Oc2ccccc2-c2nc(-c3cnccn3)no2)C1. The average Bonchev–Trinajstić information content (AvgIpc) is 3.15. The highest BCUT2D eigenvalue weighted by atomic mass is 16.5. The van der Waals surface area contributed by atoms with Crippen molar-refractivity contribution < 1.29 is 14.1 Å². The Bertz CT molecular complexity index is 906. The van der Waals surface area contributed by atoms with Crippen molar-refractivity contribution in [2.24, 2.45) is 0 Å². The van der Waals surface area contributed by atoms with E-state index in [1.54, 1.807) is 23.5 Å². The highest BCUT2D eigenvalue weighted by molar-refractivity contribution is 5.76. The van der Waals surface area contributed by atoms with E-state index >= 15 is 0 Å². The van der Waals surface area contributed by atoms with Crippen molar-refractivity contribution in [2.45, 2.75) is 19.4 Å². The molecule has 3 aromatic rings. The second-order valence-corrected chi connectivity index (χ2v) is 5.90. The van der Waals surface area contributed by atoms with Crippen molar-refractivity contribution in [1.29, 1.82) is 0 Å². The van der Waals surface area contributed by atoms with Crippen molar-refractivity contribution in [2.75, 3.05) is 13.1 Å². The fraction of sp³-hybridized carbons (Fsp3) is 0.278. The van der Waals surface area contributed by atoms with Gasteiger partial charge in [-0.2, -0.15) is 4.98 Å². The molecule has 1 aliphatic heterocycles. The van der Waals surface area contributed by atoms with E-state index in [2.05, 4.69) is 20.1 Å². The van der Waals surface area contributed by atoms with Crippen LogP contribution >= 0.6 is 0 Å². The van der Waals surface area contributed by atoms with E-state index in [-0.39, 0.29) is 12.0 Å². The number of para-hydroxylation sites is 1. The minimum Gasteiger partial charge on any atom is -0.486 e. The molecule has 1 fully saturated rings. The Morgan fingerprint density at radius 2 is 2.15 bits per heavy atom. The molecule has 1 aliphatic rings. The first-order chi connectivity index (χ1) is 12.7. The van der Waals surface area contributed by atoms with Crippen molar-refractivity contribution in [3.05, 3.63) is 42.9 Å². The van der Waals surface area contributed by atoms with Gasteiger partial charge in [0, 0.05) is 18.8 Å². The van der Waals surface area contributed by atoms with Crippen LogP contribution in [-0.2, 0) is 4.79 Å². The summed E-state index contributed by atoms with van der Waals surface area (Å²) >= 11 is 0. The Kier molecular flexibility index (Phi) is 4.30. The molecule has 1 amide bonds. The van der Waals surface area contributed by atoms with Crippen molar-refractivity contribution in [3.63, 3.8) is 0 Å². The maximum atomic E-state index is 11.6. The number of carbonyl (C=O) groups is 1. The molecule has 0 spiro atoms. The fourth-order valence-corrected chi connectivity index (χ4v) is 2.72. The Labute approximate surface area is 149 Å². The zero-order chi connectivity index (χ0) is 17.9. The quantitative estimate of drug-likeness (QED) is 0.695. The lowest BCUT2D eigenvalue weighted by Gasteiger charge is -2.39. The molecule has 0 radical (unpaired) electrons. The number of rotatable bonds is 5. The smallest absolute Gasteiger partial charge is 0.262 e. The van der Waals surface area contributed by atoms with Crippen molar-refractivity contribution in [3.8, 4) is 28.7 Å². The van der Waals surface area contributed by atoms with Gasteiger partial charge in [-0.05, 0) is 12.1 Å². The molecule has 0 unspecified atom stereocenters. The van der Waals surface area contributed by atoms with Crippen LogP contribution in [0.5, 0.6) is 5.75 Å². The Morgan fingerprint density at radius 3 is 2.92 bits per heavy atom. The zero-order valence-electron chi connectivity index (χ0n) is 14.2. The third-order valence-electron chi connectivity index (χ3n) is 4.13. The van der Waals surface area contributed by atoms with Crippen LogP contribution in [0.3, 0.4) is 0 Å². The summed E-state index contributed by atoms with van der Waals surface area (Å²) in [5.41, 5.74) is 1.24. The Balaban J connectivity index is 1.52. The third-order valence-corrected chi connectivity index (χ3v) is 4.13. The minimum absolute atomic E-state index is 0.0333. The minimum atomic E-state index is -0.0333. The summed E-state index contributed by atoms with van der Waals surface area (Å²) in [6.07, 6.45) is 5.21. The van der Waals surface area contributed by atoms with Crippen LogP contribution in [0, 0.1) is 0 Å². The first-order valence-electron chi connectivity index (χ1n) is 8.38. The number of nitrogens with zero attached hydrogens (tertiary/aromatic N) is 5. The summed E-state index contributed by atoms with van der Waals surface area (Å²) in [5.74, 6) is 1.51. The number of carbonyl (C=O) groups excluding carboxylic acids is 1. The van der Waals surface area contributed by atoms with E-state index in [4.69, 9.17) is 9.26 Å². The van der Waals surface area contributed by atoms with Gasteiger partial charge in [-0.1, -0.05) is 24.2 Å². The number of ether oxygens (including phenoxy) is 1. The number of hydrogen-bond donors (Lipinski definition) is 0. The molecule has 0 N–H and O–H groups in total. The molecule has 132 valence electrons. The summed E-state index contributed by atoms with van der Waals surface area (Å²) in [6.45, 7) is 3.04. The van der Waals surface area contributed by atoms with Gasteiger partial charge in [0.05, 0.1) is 24.8 Å². The van der Waals surface area contributed by atoms with Gasteiger partial charge in [0.2, 0.25) is 11.7 Å². The van der Waals surface area contributed by atoms with Gasteiger partial charge in [0.25, 0.3) is 5.89 Å². The first-order valence-corrected chi connectivity index (χ1v) is 8.38. The monoisotopic (exact) mass is 351 g/mol. The van der Waals surface area contributed by atoms with E-state index in [0.29, 0.717) is 48.2 Å². The number of likely N-dealkylation sites (tertiary alicyclic amines) is 1. The molecular weight excluding hydrogens is 334 g/mol. The first kappa shape index (κ1) is 16.2. The molecule has 26 heavy (non-hydrogen) atoms. The van der Waals surface area contributed by atoms with Crippen LogP contribution in [0.15, 0.2) is 47.4 Å². The second-order valence-electron chi connectivity index (χ2n) is 5.90. The maximum Gasteiger partial charge on any atom is 0.262 e. The van der Waals surface area contributed by atoms with Crippen LogP contribution in [0.4, 0.5) is 0 Å². The molecule has 3 heterocycles. The van der Waals surface area contributed by atoms with E-state index < -0.39 is 0 Å². The highest BCUT2D eigenvalue weighted by Crippen LogP contribution is 2.31. The summed E-state index contributed by atoms with van der Waals surface area (Å²) in [7, 11) is 0. The Hall–Kier alpha value is -3.29. The summed E-state index contributed by atoms with van der Waals surface area (Å²) in [4.78, 5) is 26.0.